The fraction of sp³-hybridized carbons (Fsp3) is 0.105. The quantitative estimate of drug-likeness (QED) is 0.512. The van der Waals surface area contributed by atoms with Crippen molar-refractivity contribution < 1.29 is 14.2 Å². The first-order valence-corrected chi connectivity index (χ1v) is 8.47. The molecule has 9 heteroatoms. The summed E-state index contributed by atoms with van der Waals surface area (Å²) in [6.07, 6.45) is 0. The smallest absolute Gasteiger partial charge is 0.244 e. The number of aromatic nitrogens is 4. The van der Waals surface area contributed by atoms with Crippen LogP contribution in [0.5, 0.6) is 0 Å². The molecule has 140 valence electrons. The molecule has 0 atom stereocenters. The van der Waals surface area contributed by atoms with Crippen molar-refractivity contribution in [2.24, 2.45) is 0 Å². The molecule has 3 N–H and O–H groups in total. The SMILES string of the molecule is CC(=O)c1ccc(NC(=O)Cn2c(-c3nonc3N)nc3ccccc32)cc1. The molecule has 0 bridgehead atoms. The Bertz CT molecular complexity index is 1180. The van der Waals surface area contributed by atoms with Crippen LogP contribution in [0.2, 0.25) is 0 Å². The van der Waals surface area contributed by atoms with Gasteiger partial charge in [-0.3, -0.25) is 9.59 Å². The number of carbonyl (C=O) groups is 2. The molecule has 0 aliphatic rings. The first-order valence-electron chi connectivity index (χ1n) is 8.47. The van der Waals surface area contributed by atoms with Gasteiger partial charge in [0.2, 0.25) is 5.91 Å². The van der Waals surface area contributed by atoms with Gasteiger partial charge in [0.15, 0.2) is 23.1 Å². The number of carbonyl (C=O) groups excluding carboxylic acids is 2. The molecular formula is C19H16N6O3. The Balaban J connectivity index is 1.64. The molecule has 1 amide bonds. The number of benzene rings is 2. The molecule has 0 fully saturated rings. The number of Topliss-reactive ketones (excluding diaryl/α,β-unsaturated/α-hetero) is 1. The Kier molecular flexibility index (Phi) is 4.32. The van der Waals surface area contributed by atoms with E-state index < -0.39 is 0 Å². The zero-order chi connectivity index (χ0) is 19.7. The molecule has 9 nitrogen and oxygen atoms in total. The number of para-hydroxylation sites is 2. The highest BCUT2D eigenvalue weighted by atomic mass is 16.6. The van der Waals surface area contributed by atoms with E-state index in [9.17, 15) is 9.59 Å². The predicted molar refractivity (Wildman–Crippen MR) is 103 cm³/mol. The minimum atomic E-state index is -0.269. The zero-order valence-electron chi connectivity index (χ0n) is 14.9. The Morgan fingerprint density at radius 1 is 1.11 bits per heavy atom. The van der Waals surface area contributed by atoms with Crippen molar-refractivity contribution in [2.75, 3.05) is 11.1 Å². The molecule has 2 heterocycles. The molecule has 0 saturated heterocycles. The number of nitrogens with one attached hydrogen (secondary N) is 1. The number of amides is 1. The number of hydrogen-bond acceptors (Lipinski definition) is 7. The summed E-state index contributed by atoms with van der Waals surface area (Å²) in [5.41, 5.74) is 8.69. The highest BCUT2D eigenvalue weighted by Crippen LogP contribution is 2.26. The Hall–Kier alpha value is -4.01. The van der Waals surface area contributed by atoms with Crippen LogP contribution >= 0.6 is 0 Å². The van der Waals surface area contributed by atoms with Crippen LogP contribution < -0.4 is 11.1 Å². The lowest BCUT2D eigenvalue weighted by molar-refractivity contribution is -0.116. The van der Waals surface area contributed by atoms with Crippen molar-refractivity contribution in [1.29, 1.82) is 0 Å². The van der Waals surface area contributed by atoms with E-state index in [1.807, 2.05) is 24.3 Å². The number of nitrogens with two attached hydrogens (primary N) is 1. The van der Waals surface area contributed by atoms with E-state index in [1.54, 1.807) is 28.8 Å². The van der Waals surface area contributed by atoms with Gasteiger partial charge in [-0.25, -0.2) is 9.61 Å². The number of rotatable bonds is 5. The highest BCUT2D eigenvalue weighted by Gasteiger charge is 2.20. The van der Waals surface area contributed by atoms with E-state index in [0.717, 1.165) is 5.52 Å². The fourth-order valence-corrected chi connectivity index (χ4v) is 2.90. The predicted octanol–water partition coefficient (Wildman–Crippen LogP) is 2.51. The van der Waals surface area contributed by atoms with Crippen molar-refractivity contribution in [3.8, 4) is 11.5 Å². The van der Waals surface area contributed by atoms with E-state index in [1.165, 1.54) is 6.92 Å². The minimum Gasteiger partial charge on any atom is -0.379 e. The van der Waals surface area contributed by atoms with Gasteiger partial charge in [-0.15, -0.1) is 0 Å². The van der Waals surface area contributed by atoms with E-state index in [-0.39, 0.29) is 29.7 Å². The average molecular weight is 376 g/mol. The Morgan fingerprint density at radius 3 is 2.54 bits per heavy atom. The molecule has 0 unspecified atom stereocenters. The average Bonchev–Trinajstić information content (AvgIpc) is 3.25. The molecule has 28 heavy (non-hydrogen) atoms. The summed E-state index contributed by atoms with van der Waals surface area (Å²) < 4.78 is 6.37. The fourth-order valence-electron chi connectivity index (χ4n) is 2.90. The van der Waals surface area contributed by atoms with Crippen LogP contribution in [0.3, 0.4) is 0 Å². The number of anilines is 2. The van der Waals surface area contributed by atoms with Crippen LogP contribution in [0, 0.1) is 0 Å². The molecule has 0 aliphatic heterocycles. The first kappa shape index (κ1) is 17.4. The van der Waals surface area contributed by atoms with Gasteiger partial charge < -0.3 is 15.6 Å². The van der Waals surface area contributed by atoms with Crippen LogP contribution in [0.25, 0.3) is 22.6 Å². The number of nitrogens with zero attached hydrogens (tertiary/aromatic N) is 4. The third-order valence-electron chi connectivity index (χ3n) is 4.26. The number of nitrogen functional groups attached to an aromatic ring is 1. The topological polar surface area (TPSA) is 129 Å². The van der Waals surface area contributed by atoms with Crippen LogP contribution in [-0.4, -0.2) is 31.6 Å². The van der Waals surface area contributed by atoms with Gasteiger partial charge >= 0.3 is 0 Å². The first-order chi connectivity index (χ1) is 13.5. The summed E-state index contributed by atoms with van der Waals surface area (Å²) in [5.74, 6) is 0.181. The van der Waals surface area contributed by atoms with Gasteiger partial charge in [0.1, 0.15) is 6.54 Å². The monoisotopic (exact) mass is 376 g/mol. The molecule has 2 aromatic carbocycles. The molecule has 4 aromatic rings. The minimum absolute atomic E-state index is 0.0173. The highest BCUT2D eigenvalue weighted by molar-refractivity contribution is 5.96. The van der Waals surface area contributed by atoms with E-state index in [2.05, 4.69) is 25.2 Å². The van der Waals surface area contributed by atoms with Gasteiger partial charge in [-0.1, -0.05) is 12.1 Å². The Labute approximate surface area is 159 Å². The maximum Gasteiger partial charge on any atom is 0.244 e. The van der Waals surface area contributed by atoms with Gasteiger partial charge in [0.05, 0.1) is 11.0 Å². The van der Waals surface area contributed by atoms with Gasteiger partial charge in [-0.05, 0) is 53.6 Å². The number of fused-ring (bicyclic) bond motifs is 1. The van der Waals surface area contributed by atoms with Crippen LogP contribution in [-0.2, 0) is 11.3 Å². The molecule has 0 spiro atoms. The lowest BCUT2D eigenvalue weighted by Gasteiger charge is -2.09. The van der Waals surface area contributed by atoms with Gasteiger partial charge in [0, 0.05) is 11.3 Å². The van der Waals surface area contributed by atoms with Gasteiger partial charge in [0.25, 0.3) is 0 Å². The lowest BCUT2D eigenvalue weighted by Crippen LogP contribution is -2.19. The summed E-state index contributed by atoms with van der Waals surface area (Å²) in [7, 11) is 0. The maximum absolute atomic E-state index is 12.6. The molecular weight excluding hydrogens is 360 g/mol. The van der Waals surface area contributed by atoms with Crippen LogP contribution in [0.4, 0.5) is 11.5 Å². The van der Waals surface area contributed by atoms with Crippen molar-refractivity contribution in [1.82, 2.24) is 19.9 Å². The van der Waals surface area contributed by atoms with Crippen molar-refractivity contribution in [3.05, 3.63) is 54.1 Å². The molecule has 0 saturated carbocycles. The number of hydrogen-bond donors (Lipinski definition) is 2. The number of imidazole rings is 1. The van der Waals surface area contributed by atoms with Crippen LogP contribution in [0.1, 0.15) is 17.3 Å². The van der Waals surface area contributed by atoms with Gasteiger partial charge in [-0.2, -0.15) is 0 Å². The maximum atomic E-state index is 12.6. The second kappa shape index (κ2) is 6.95. The van der Waals surface area contributed by atoms with Crippen molar-refractivity contribution >= 4 is 34.2 Å². The normalized spacial score (nSPS) is 10.9. The Morgan fingerprint density at radius 2 is 1.86 bits per heavy atom. The van der Waals surface area contributed by atoms with E-state index >= 15 is 0 Å². The summed E-state index contributed by atoms with van der Waals surface area (Å²) in [6, 6.07) is 14.1. The van der Waals surface area contributed by atoms with Crippen molar-refractivity contribution in [3.63, 3.8) is 0 Å². The van der Waals surface area contributed by atoms with E-state index in [0.29, 0.717) is 22.6 Å². The largest absolute Gasteiger partial charge is 0.379 e. The summed E-state index contributed by atoms with van der Waals surface area (Å²) in [5, 5.41) is 10.2. The molecule has 0 aliphatic carbocycles. The summed E-state index contributed by atoms with van der Waals surface area (Å²) in [6.45, 7) is 1.47. The zero-order valence-corrected chi connectivity index (χ0v) is 14.9. The second-order valence-corrected chi connectivity index (χ2v) is 6.19. The van der Waals surface area contributed by atoms with Crippen molar-refractivity contribution in [2.45, 2.75) is 13.5 Å². The lowest BCUT2D eigenvalue weighted by atomic mass is 10.1. The molecule has 4 rings (SSSR count). The van der Waals surface area contributed by atoms with E-state index in [4.69, 9.17) is 5.73 Å². The standard InChI is InChI=1S/C19H16N6O3/c1-11(26)12-6-8-13(9-7-12)21-16(27)10-25-15-5-3-2-4-14(15)22-19(25)17-18(20)24-28-23-17/h2-9H,10H2,1H3,(H2,20,24)(H,21,27). The number of ketones is 1. The van der Waals surface area contributed by atoms with Crippen LogP contribution in [0.15, 0.2) is 53.2 Å². The third-order valence-corrected chi connectivity index (χ3v) is 4.26. The third kappa shape index (κ3) is 3.20. The molecule has 0 radical (unpaired) electrons. The summed E-state index contributed by atoms with van der Waals surface area (Å²) in [4.78, 5) is 28.5. The second-order valence-electron chi connectivity index (χ2n) is 6.19. The molecule has 2 aromatic heterocycles. The summed E-state index contributed by atoms with van der Waals surface area (Å²) >= 11 is 0.